The Hall–Kier alpha value is -2.44. The summed E-state index contributed by atoms with van der Waals surface area (Å²) in [5.41, 5.74) is 1.46. The summed E-state index contributed by atoms with van der Waals surface area (Å²) in [5, 5.41) is 0.662. The van der Waals surface area contributed by atoms with E-state index < -0.39 is 0 Å². The second-order valence-electron chi connectivity index (χ2n) is 6.86. The standard InChI is InChI=1S/C22H26ClNO5/c1-26-19-11-16(12-20(27-2)21(19)28-3)22(25)24(14-18-5-4-10-29-18)13-15-6-8-17(23)9-7-15/h6-9,11-12,18H,4-5,10,13-14H2,1-3H3/t18-/m1/s1. The van der Waals surface area contributed by atoms with Gasteiger partial charge in [-0.25, -0.2) is 0 Å². The molecule has 0 saturated carbocycles. The van der Waals surface area contributed by atoms with E-state index in [2.05, 4.69) is 0 Å². The molecule has 1 fully saturated rings. The van der Waals surface area contributed by atoms with Crippen molar-refractivity contribution >= 4 is 17.5 Å². The quantitative estimate of drug-likeness (QED) is 0.642. The van der Waals surface area contributed by atoms with Crippen molar-refractivity contribution in [1.29, 1.82) is 0 Å². The first kappa shape index (κ1) is 21.3. The fraction of sp³-hybridized carbons (Fsp3) is 0.409. The Balaban J connectivity index is 1.91. The van der Waals surface area contributed by atoms with Gasteiger partial charge in [-0.2, -0.15) is 0 Å². The molecule has 29 heavy (non-hydrogen) atoms. The van der Waals surface area contributed by atoms with E-state index >= 15 is 0 Å². The van der Waals surface area contributed by atoms with E-state index in [1.165, 1.54) is 21.3 Å². The molecule has 6 nitrogen and oxygen atoms in total. The number of amides is 1. The van der Waals surface area contributed by atoms with Crippen molar-refractivity contribution in [3.05, 3.63) is 52.5 Å². The van der Waals surface area contributed by atoms with Crippen molar-refractivity contribution in [2.75, 3.05) is 34.5 Å². The largest absolute Gasteiger partial charge is 0.493 e. The zero-order chi connectivity index (χ0) is 20.8. The zero-order valence-corrected chi connectivity index (χ0v) is 17.7. The van der Waals surface area contributed by atoms with Crippen LogP contribution >= 0.6 is 11.6 Å². The van der Waals surface area contributed by atoms with E-state index in [-0.39, 0.29) is 12.0 Å². The third-order valence-electron chi connectivity index (χ3n) is 4.93. The summed E-state index contributed by atoms with van der Waals surface area (Å²) >= 11 is 6.00. The van der Waals surface area contributed by atoms with Gasteiger partial charge in [-0.05, 0) is 42.7 Å². The van der Waals surface area contributed by atoms with Gasteiger partial charge in [-0.3, -0.25) is 4.79 Å². The van der Waals surface area contributed by atoms with Crippen LogP contribution in [-0.4, -0.2) is 51.4 Å². The smallest absolute Gasteiger partial charge is 0.254 e. The summed E-state index contributed by atoms with van der Waals surface area (Å²) in [6.07, 6.45) is 1.99. The third-order valence-corrected chi connectivity index (χ3v) is 5.19. The lowest BCUT2D eigenvalue weighted by Crippen LogP contribution is -2.37. The molecule has 0 spiro atoms. The second kappa shape index (κ2) is 9.85. The molecule has 2 aromatic rings. The fourth-order valence-corrected chi connectivity index (χ4v) is 3.58. The average molecular weight is 420 g/mol. The van der Waals surface area contributed by atoms with Crippen LogP contribution in [0.5, 0.6) is 17.2 Å². The van der Waals surface area contributed by atoms with Crippen LogP contribution < -0.4 is 14.2 Å². The molecule has 0 radical (unpaired) electrons. The number of rotatable bonds is 8. The molecule has 0 N–H and O–H groups in total. The van der Waals surface area contributed by atoms with Crippen molar-refractivity contribution in [1.82, 2.24) is 4.90 Å². The zero-order valence-electron chi connectivity index (χ0n) is 16.9. The molecule has 0 aliphatic carbocycles. The maximum atomic E-state index is 13.4. The summed E-state index contributed by atoms with van der Waals surface area (Å²) in [4.78, 5) is 15.2. The van der Waals surface area contributed by atoms with Gasteiger partial charge < -0.3 is 23.8 Å². The van der Waals surface area contributed by atoms with Crippen molar-refractivity contribution in [2.45, 2.75) is 25.5 Å². The van der Waals surface area contributed by atoms with Gasteiger partial charge in [-0.15, -0.1) is 0 Å². The number of carbonyl (C=O) groups is 1. The number of hydrogen-bond acceptors (Lipinski definition) is 5. The first-order chi connectivity index (χ1) is 14.0. The molecule has 0 unspecified atom stereocenters. The van der Waals surface area contributed by atoms with Gasteiger partial charge in [0.15, 0.2) is 11.5 Å². The van der Waals surface area contributed by atoms with E-state index in [1.54, 1.807) is 17.0 Å². The number of methoxy groups -OCH3 is 3. The van der Waals surface area contributed by atoms with Crippen LogP contribution in [0.3, 0.4) is 0 Å². The SMILES string of the molecule is COc1cc(C(=O)N(Cc2ccc(Cl)cc2)C[C@H]2CCCO2)cc(OC)c1OC. The molecular weight excluding hydrogens is 394 g/mol. The molecular formula is C22H26ClNO5. The van der Waals surface area contributed by atoms with Crippen LogP contribution in [0, 0.1) is 0 Å². The molecule has 1 aliphatic heterocycles. The highest BCUT2D eigenvalue weighted by Gasteiger charge is 2.26. The van der Waals surface area contributed by atoms with Crippen molar-refractivity contribution in [2.24, 2.45) is 0 Å². The fourth-order valence-electron chi connectivity index (χ4n) is 3.45. The minimum atomic E-state index is -0.130. The first-order valence-electron chi connectivity index (χ1n) is 9.51. The van der Waals surface area contributed by atoms with Crippen LogP contribution in [0.1, 0.15) is 28.8 Å². The van der Waals surface area contributed by atoms with E-state index in [0.717, 1.165) is 25.0 Å². The van der Waals surface area contributed by atoms with E-state index in [1.807, 2.05) is 24.3 Å². The van der Waals surface area contributed by atoms with Gasteiger partial charge in [0.05, 0.1) is 27.4 Å². The number of halogens is 1. The Labute approximate surface area is 176 Å². The van der Waals surface area contributed by atoms with Gasteiger partial charge in [0.25, 0.3) is 5.91 Å². The summed E-state index contributed by atoms with van der Waals surface area (Å²) < 4.78 is 21.9. The van der Waals surface area contributed by atoms with Crippen molar-refractivity contribution in [3.63, 3.8) is 0 Å². The van der Waals surface area contributed by atoms with Crippen molar-refractivity contribution < 1.29 is 23.7 Å². The van der Waals surface area contributed by atoms with Crippen LogP contribution in [0.15, 0.2) is 36.4 Å². The van der Waals surface area contributed by atoms with Crippen molar-refractivity contribution in [3.8, 4) is 17.2 Å². The number of hydrogen-bond donors (Lipinski definition) is 0. The minimum absolute atomic E-state index is 0.0355. The Kier molecular flexibility index (Phi) is 7.23. The van der Waals surface area contributed by atoms with E-state index in [4.69, 9.17) is 30.5 Å². The highest BCUT2D eigenvalue weighted by atomic mass is 35.5. The molecule has 1 aliphatic rings. The maximum absolute atomic E-state index is 13.4. The topological polar surface area (TPSA) is 57.2 Å². The predicted molar refractivity (Wildman–Crippen MR) is 111 cm³/mol. The highest BCUT2D eigenvalue weighted by Crippen LogP contribution is 2.38. The minimum Gasteiger partial charge on any atom is -0.493 e. The molecule has 7 heteroatoms. The first-order valence-corrected chi connectivity index (χ1v) is 9.88. The lowest BCUT2D eigenvalue weighted by molar-refractivity contribution is 0.0506. The average Bonchev–Trinajstić information content (AvgIpc) is 3.26. The Morgan fingerprint density at radius 3 is 2.28 bits per heavy atom. The van der Waals surface area contributed by atoms with Crippen LogP contribution in [0.2, 0.25) is 5.02 Å². The van der Waals surface area contributed by atoms with Crippen LogP contribution in [0.4, 0.5) is 0 Å². The van der Waals surface area contributed by atoms with Gasteiger partial charge in [-0.1, -0.05) is 23.7 Å². The molecule has 1 amide bonds. The van der Waals surface area contributed by atoms with Gasteiger partial charge >= 0.3 is 0 Å². The lowest BCUT2D eigenvalue weighted by atomic mass is 10.1. The summed E-state index contributed by atoms with van der Waals surface area (Å²) in [7, 11) is 4.60. The second-order valence-corrected chi connectivity index (χ2v) is 7.30. The van der Waals surface area contributed by atoms with Gasteiger partial charge in [0.2, 0.25) is 5.75 Å². The molecule has 1 saturated heterocycles. The Bertz CT molecular complexity index is 809. The van der Waals surface area contributed by atoms with Crippen LogP contribution in [-0.2, 0) is 11.3 Å². The molecule has 2 aromatic carbocycles. The summed E-state index contributed by atoms with van der Waals surface area (Å²) in [6, 6.07) is 10.8. The molecule has 156 valence electrons. The third kappa shape index (κ3) is 5.14. The van der Waals surface area contributed by atoms with E-state index in [0.29, 0.717) is 40.9 Å². The Morgan fingerprint density at radius 2 is 1.76 bits per heavy atom. The van der Waals surface area contributed by atoms with Gasteiger partial charge in [0.1, 0.15) is 0 Å². The lowest BCUT2D eigenvalue weighted by Gasteiger charge is -2.26. The maximum Gasteiger partial charge on any atom is 0.254 e. The van der Waals surface area contributed by atoms with E-state index in [9.17, 15) is 4.79 Å². The highest BCUT2D eigenvalue weighted by molar-refractivity contribution is 6.30. The van der Waals surface area contributed by atoms with Crippen LogP contribution in [0.25, 0.3) is 0 Å². The number of carbonyl (C=O) groups excluding carboxylic acids is 1. The normalized spacial score (nSPS) is 15.8. The predicted octanol–water partition coefficient (Wildman–Crippen LogP) is 4.19. The summed E-state index contributed by atoms with van der Waals surface area (Å²) in [5.74, 6) is 1.21. The summed E-state index contributed by atoms with van der Waals surface area (Å²) in [6.45, 7) is 1.70. The molecule has 0 bridgehead atoms. The number of ether oxygens (including phenoxy) is 4. The number of nitrogens with zero attached hydrogens (tertiary/aromatic N) is 1. The monoisotopic (exact) mass is 419 g/mol. The van der Waals surface area contributed by atoms with Gasteiger partial charge in [0, 0.05) is 30.3 Å². The Morgan fingerprint density at radius 1 is 1.10 bits per heavy atom. The molecule has 0 aromatic heterocycles. The molecule has 3 rings (SSSR count). The molecule has 1 atom stereocenters. The number of benzene rings is 2. The molecule has 1 heterocycles.